The smallest absolute Gasteiger partial charge is 0.134 e. The first-order chi connectivity index (χ1) is 7.07. The summed E-state index contributed by atoms with van der Waals surface area (Å²) in [6.45, 7) is 1.68. The Morgan fingerprint density at radius 1 is 1.40 bits per heavy atom. The molecule has 0 fully saturated rings. The number of hydrogen-bond donors (Lipinski definition) is 2. The van der Waals surface area contributed by atoms with Gasteiger partial charge in [-0.05, 0) is 12.1 Å². The molecule has 0 radical (unpaired) electrons. The molecule has 1 aromatic rings. The van der Waals surface area contributed by atoms with Crippen LogP contribution in [-0.4, -0.2) is 12.2 Å². The second-order valence-corrected chi connectivity index (χ2v) is 4.30. The Balaban J connectivity index is 2.65. The van der Waals surface area contributed by atoms with E-state index in [-0.39, 0.29) is 0 Å². The number of methoxy groups -OCH3 is 1. The van der Waals surface area contributed by atoms with E-state index in [2.05, 4.69) is 12.6 Å². The minimum Gasteiger partial charge on any atom is -0.496 e. The lowest BCUT2D eigenvalue weighted by Crippen LogP contribution is -2.04. The molecule has 2 rings (SSSR count). The van der Waals surface area contributed by atoms with E-state index in [0.717, 1.165) is 0 Å². The summed E-state index contributed by atoms with van der Waals surface area (Å²) in [5.41, 5.74) is 1.02. The number of benzene rings is 1. The monoisotopic (exact) mass is 228 g/mol. The molecule has 0 aliphatic heterocycles. The van der Waals surface area contributed by atoms with E-state index in [0.29, 0.717) is 21.8 Å². The molecule has 1 aromatic carbocycles. The molecule has 0 aromatic heterocycles. The van der Waals surface area contributed by atoms with Crippen LogP contribution in [0.1, 0.15) is 30.3 Å². The van der Waals surface area contributed by atoms with Gasteiger partial charge in [0, 0.05) is 21.9 Å². The lowest BCUT2D eigenvalue weighted by molar-refractivity contribution is 0.0874. The summed E-state index contributed by atoms with van der Waals surface area (Å²) in [5.74, 6) is 0.0425. The Morgan fingerprint density at radius 2 is 2.07 bits per heavy atom. The molecule has 0 bridgehead atoms. The highest BCUT2D eigenvalue weighted by atomic mass is 32.1. The van der Waals surface area contributed by atoms with E-state index in [1.807, 2.05) is 0 Å². The number of aliphatic hydroxyl groups excluding tert-OH is 1. The zero-order valence-corrected chi connectivity index (χ0v) is 9.46. The maximum Gasteiger partial charge on any atom is 0.134 e. The van der Waals surface area contributed by atoms with Crippen LogP contribution >= 0.6 is 12.6 Å². The quantitative estimate of drug-likeness (QED) is 0.724. The van der Waals surface area contributed by atoms with Gasteiger partial charge in [0.1, 0.15) is 11.9 Å². The van der Waals surface area contributed by atoms with Crippen molar-refractivity contribution in [2.45, 2.75) is 24.1 Å². The minimum atomic E-state index is -1.18. The van der Waals surface area contributed by atoms with Crippen molar-refractivity contribution < 1.29 is 14.2 Å². The number of ether oxygens (including phenoxy) is 1. The third kappa shape index (κ3) is 1.43. The van der Waals surface area contributed by atoms with Crippen LogP contribution in [0.2, 0.25) is 0 Å². The van der Waals surface area contributed by atoms with Gasteiger partial charge in [0.2, 0.25) is 0 Å². The lowest BCUT2D eigenvalue weighted by Gasteiger charge is -2.11. The van der Waals surface area contributed by atoms with Crippen LogP contribution in [0.25, 0.3) is 0 Å². The van der Waals surface area contributed by atoms with Crippen molar-refractivity contribution >= 4 is 12.6 Å². The van der Waals surface area contributed by atoms with Crippen LogP contribution in [0.15, 0.2) is 17.0 Å². The van der Waals surface area contributed by atoms with Crippen LogP contribution in [0.3, 0.4) is 0 Å². The molecule has 0 spiro atoms. The zero-order valence-electron chi connectivity index (χ0n) is 8.57. The van der Waals surface area contributed by atoms with Gasteiger partial charge in [-0.15, -0.1) is 12.6 Å². The van der Waals surface area contributed by atoms with Gasteiger partial charge in [-0.2, -0.15) is 0 Å². The number of fused-ring (bicyclic) bond motifs is 1. The number of aliphatic hydroxyl groups is 1. The predicted octanol–water partition coefficient (Wildman–Crippen LogP) is 2.68. The number of hydrogen-bond acceptors (Lipinski definition) is 3. The Kier molecular flexibility index (Phi) is 2.64. The average Bonchev–Trinajstić information content (AvgIpc) is 2.46. The van der Waals surface area contributed by atoms with Crippen molar-refractivity contribution in [1.29, 1.82) is 0 Å². The van der Waals surface area contributed by atoms with Gasteiger partial charge in [-0.3, -0.25) is 0 Å². The number of alkyl halides is 1. The molecule has 82 valence electrons. The highest BCUT2D eigenvalue weighted by Gasteiger charge is 2.40. The molecule has 0 amide bonds. The largest absolute Gasteiger partial charge is 0.496 e. The normalized spacial score (nSPS) is 29.0. The topological polar surface area (TPSA) is 29.5 Å². The molecule has 2 nitrogen and oxygen atoms in total. The molecule has 3 atom stereocenters. The van der Waals surface area contributed by atoms with Gasteiger partial charge in [0.25, 0.3) is 0 Å². The van der Waals surface area contributed by atoms with Crippen molar-refractivity contribution in [2.75, 3.05) is 7.11 Å². The van der Waals surface area contributed by atoms with Gasteiger partial charge in [-0.1, -0.05) is 6.92 Å². The second-order valence-electron chi connectivity index (χ2n) is 3.82. The minimum absolute atomic E-state index is 0.442. The maximum absolute atomic E-state index is 13.9. The van der Waals surface area contributed by atoms with Gasteiger partial charge in [0.15, 0.2) is 0 Å². The summed E-state index contributed by atoms with van der Waals surface area (Å²) in [6, 6.07) is 3.40. The number of rotatable bonds is 1. The van der Waals surface area contributed by atoms with Gasteiger partial charge < -0.3 is 9.84 Å². The SMILES string of the molecule is COc1ccc(S)c2c1C(F)C(C)C2O. The maximum atomic E-state index is 13.9. The molecule has 1 N–H and O–H groups in total. The molecule has 0 saturated heterocycles. The fourth-order valence-corrected chi connectivity index (χ4v) is 2.39. The zero-order chi connectivity index (χ0) is 11.2. The lowest BCUT2D eigenvalue weighted by atomic mass is 10.1. The summed E-state index contributed by atoms with van der Waals surface area (Å²) in [6.07, 6.45) is -1.98. The molecule has 0 heterocycles. The van der Waals surface area contributed by atoms with E-state index >= 15 is 0 Å². The number of halogens is 1. The van der Waals surface area contributed by atoms with E-state index in [1.165, 1.54) is 7.11 Å². The van der Waals surface area contributed by atoms with E-state index in [9.17, 15) is 9.50 Å². The standard InChI is InChI=1S/C11H13FO2S/c1-5-10(12)8-6(14-2)3-4-7(15)9(8)11(5)13/h3-5,10-11,13,15H,1-2H3. The fraction of sp³-hybridized carbons (Fsp3) is 0.455. The predicted molar refractivity (Wildman–Crippen MR) is 58.2 cm³/mol. The van der Waals surface area contributed by atoms with Crippen LogP contribution in [0, 0.1) is 5.92 Å². The summed E-state index contributed by atoms with van der Waals surface area (Å²) < 4.78 is 19.0. The second kappa shape index (κ2) is 3.68. The Hall–Kier alpha value is -0.740. The molecule has 4 heteroatoms. The highest BCUT2D eigenvalue weighted by Crippen LogP contribution is 2.51. The third-order valence-corrected chi connectivity index (χ3v) is 3.37. The van der Waals surface area contributed by atoms with Crippen molar-refractivity contribution in [3.63, 3.8) is 0 Å². The fourth-order valence-electron chi connectivity index (χ4n) is 2.06. The summed E-state index contributed by atoms with van der Waals surface area (Å²) >= 11 is 4.23. The molecule has 0 saturated carbocycles. The molecular weight excluding hydrogens is 215 g/mol. The summed E-state index contributed by atoms with van der Waals surface area (Å²) in [7, 11) is 1.50. The van der Waals surface area contributed by atoms with Crippen LogP contribution < -0.4 is 4.74 Å². The average molecular weight is 228 g/mol. The van der Waals surface area contributed by atoms with E-state index < -0.39 is 18.2 Å². The van der Waals surface area contributed by atoms with E-state index in [4.69, 9.17) is 4.74 Å². The van der Waals surface area contributed by atoms with Gasteiger partial charge >= 0.3 is 0 Å². The Bertz CT molecular complexity index is 394. The summed E-state index contributed by atoms with van der Waals surface area (Å²) in [4.78, 5) is 0.616. The van der Waals surface area contributed by atoms with Gasteiger partial charge in [0.05, 0.1) is 13.2 Å². The molecular formula is C11H13FO2S. The Labute approximate surface area is 93.5 Å². The van der Waals surface area contributed by atoms with E-state index in [1.54, 1.807) is 19.1 Å². The summed E-state index contributed by atoms with van der Waals surface area (Å²) in [5, 5.41) is 9.88. The first-order valence-corrected chi connectivity index (χ1v) is 5.24. The van der Waals surface area contributed by atoms with Crippen LogP contribution in [-0.2, 0) is 0 Å². The van der Waals surface area contributed by atoms with Crippen LogP contribution in [0.4, 0.5) is 4.39 Å². The first kappa shape index (κ1) is 10.8. The number of thiol groups is 1. The van der Waals surface area contributed by atoms with Crippen LogP contribution in [0.5, 0.6) is 5.75 Å². The van der Waals surface area contributed by atoms with Crippen molar-refractivity contribution in [3.8, 4) is 5.75 Å². The molecule has 15 heavy (non-hydrogen) atoms. The van der Waals surface area contributed by atoms with Crippen molar-refractivity contribution in [2.24, 2.45) is 5.92 Å². The Morgan fingerprint density at radius 3 is 2.67 bits per heavy atom. The molecule has 1 aliphatic rings. The molecule has 3 unspecified atom stereocenters. The molecule has 1 aliphatic carbocycles. The first-order valence-electron chi connectivity index (χ1n) is 4.79. The van der Waals surface area contributed by atoms with Crippen molar-refractivity contribution in [1.82, 2.24) is 0 Å². The van der Waals surface area contributed by atoms with Crippen molar-refractivity contribution in [3.05, 3.63) is 23.3 Å². The highest BCUT2D eigenvalue weighted by molar-refractivity contribution is 7.80. The third-order valence-electron chi connectivity index (χ3n) is 2.98. The van der Waals surface area contributed by atoms with Gasteiger partial charge in [-0.25, -0.2) is 4.39 Å².